The molecule has 3 nitrogen and oxygen atoms in total. The van der Waals surface area contributed by atoms with Crippen molar-refractivity contribution in [1.82, 2.24) is 0 Å². The summed E-state index contributed by atoms with van der Waals surface area (Å²) in [5.41, 5.74) is 11.8. The molecule has 1 aliphatic carbocycles. The number of aryl methyl sites for hydroxylation is 2. The molecule has 0 spiro atoms. The fraction of sp³-hybridized carbons (Fsp3) is 0.278. The van der Waals surface area contributed by atoms with Crippen molar-refractivity contribution >= 4 is 11.5 Å². The van der Waals surface area contributed by atoms with Crippen molar-refractivity contribution in [1.29, 1.82) is 5.41 Å². The average molecular weight is 279 g/mol. The lowest BCUT2D eigenvalue weighted by molar-refractivity contribution is 0.907. The van der Waals surface area contributed by atoms with Gasteiger partial charge in [0.1, 0.15) is 5.84 Å². The molecule has 0 fully saturated rings. The first-order valence-electron chi connectivity index (χ1n) is 7.40. The zero-order valence-electron chi connectivity index (χ0n) is 12.4. The molecule has 21 heavy (non-hydrogen) atoms. The Balaban J connectivity index is 1.78. The molecule has 0 saturated heterocycles. The molecule has 3 rings (SSSR count). The van der Waals surface area contributed by atoms with Crippen molar-refractivity contribution in [3.05, 3.63) is 64.7 Å². The Labute approximate surface area is 125 Å². The van der Waals surface area contributed by atoms with Crippen LogP contribution < -0.4 is 10.6 Å². The molecule has 0 amide bonds. The largest absolute Gasteiger partial charge is 0.384 e. The van der Waals surface area contributed by atoms with Gasteiger partial charge in [-0.3, -0.25) is 5.41 Å². The standard InChI is InChI=1S/C18H21N3/c1-21(17-7-3-6-16(11-17)18(19)20)12-13-8-9-14-4-2-5-15(14)10-13/h3,6-11H,2,4-5,12H2,1H3,(H3,19,20). The topological polar surface area (TPSA) is 53.1 Å². The second-order valence-electron chi connectivity index (χ2n) is 5.78. The summed E-state index contributed by atoms with van der Waals surface area (Å²) >= 11 is 0. The highest BCUT2D eigenvalue weighted by atomic mass is 15.1. The van der Waals surface area contributed by atoms with Crippen molar-refractivity contribution in [2.75, 3.05) is 11.9 Å². The van der Waals surface area contributed by atoms with E-state index in [1.54, 1.807) is 0 Å². The molecule has 0 bridgehead atoms. The van der Waals surface area contributed by atoms with Crippen LogP contribution in [0.1, 0.15) is 28.7 Å². The maximum atomic E-state index is 7.54. The molecule has 1 aliphatic rings. The predicted molar refractivity (Wildman–Crippen MR) is 88.0 cm³/mol. The lowest BCUT2D eigenvalue weighted by Crippen LogP contribution is -2.18. The minimum Gasteiger partial charge on any atom is -0.384 e. The minimum atomic E-state index is 0.114. The van der Waals surface area contributed by atoms with Gasteiger partial charge in [0, 0.05) is 24.8 Å². The van der Waals surface area contributed by atoms with Crippen LogP contribution in [0.25, 0.3) is 0 Å². The summed E-state index contributed by atoms with van der Waals surface area (Å²) in [6.45, 7) is 0.870. The predicted octanol–water partition coefficient (Wildman–Crippen LogP) is 3.10. The fourth-order valence-corrected chi connectivity index (χ4v) is 3.00. The van der Waals surface area contributed by atoms with Gasteiger partial charge in [0.2, 0.25) is 0 Å². The zero-order valence-corrected chi connectivity index (χ0v) is 12.4. The molecule has 3 heteroatoms. The molecule has 0 radical (unpaired) electrons. The average Bonchev–Trinajstić information content (AvgIpc) is 2.95. The van der Waals surface area contributed by atoms with Crippen LogP contribution in [-0.2, 0) is 19.4 Å². The third-order valence-electron chi connectivity index (χ3n) is 4.18. The summed E-state index contributed by atoms with van der Waals surface area (Å²) in [4.78, 5) is 2.20. The number of benzene rings is 2. The quantitative estimate of drug-likeness (QED) is 0.667. The number of nitrogens with zero attached hydrogens (tertiary/aromatic N) is 1. The summed E-state index contributed by atoms with van der Waals surface area (Å²) in [5.74, 6) is 0.114. The lowest BCUT2D eigenvalue weighted by Gasteiger charge is -2.20. The van der Waals surface area contributed by atoms with E-state index in [4.69, 9.17) is 11.1 Å². The van der Waals surface area contributed by atoms with E-state index in [0.29, 0.717) is 0 Å². The van der Waals surface area contributed by atoms with Gasteiger partial charge in [-0.15, -0.1) is 0 Å². The van der Waals surface area contributed by atoms with Crippen molar-refractivity contribution < 1.29 is 0 Å². The monoisotopic (exact) mass is 279 g/mol. The molecule has 0 atom stereocenters. The third kappa shape index (κ3) is 2.92. The second kappa shape index (κ2) is 5.60. The smallest absolute Gasteiger partial charge is 0.122 e. The third-order valence-corrected chi connectivity index (χ3v) is 4.18. The summed E-state index contributed by atoms with van der Waals surface area (Å²) in [6, 6.07) is 14.7. The van der Waals surface area contributed by atoms with Crippen molar-refractivity contribution in [3.63, 3.8) is 0 Å². The molecule has 0 saturated carbocycles. The van der Waals surface area contributed by atoms with Gasteiger partial charge in [0.25, 0.3) is 0 Å². The normalized spacial score (nSPS) is 13.0. The molecule has 3 N–H and O–H groups in total. The van der Waals surface area contributed by atoms with E-state index < -0.39 is 0 Å². The number of hydrogen-bond donors (Lipinski definition) is 2. The van der Waals surface area contributed by atoms with Crippen molar-refractivity contribution in [3.8, 4) is 0 Å². The number of rotatable bonds is 4. The molecular weight excluding hydrogens is 258 g/mol. The fourth-order valence-electron chi connectivity index (χ4n) is 3.00. The summed E-state index contributed by atoms with van der Waals surface area (Å²) in [6.07, 6.45) is 3.73. The van der Waals surface area contributed by atoms with Gasteiger partial charge in [0.15, 0.2) is 0 Å². The number of amidine groups is 1. The SMILES string of the molecule is CN(Cc1ccc2c(c1)CCC2)c1cccc(C(=N)N)c1. The molecular formula is C18H21N3. The van der Waals surface area contributed by atoms with Crippen LogP contribution in [0.5, 0.6) is 0 Å². The number of nitrogen functional groups attached to an aromatic ring is 1. The van der Waals surface area contributed by atoms with Crippen LogP contribution in [0.4, 0.5) is 5.69 Å². The van der Waals surface area contributed by atoms with E-state index in [1.165, 1.54) is 36.0 Å². The van der Waals surface area contributed by atoms with Crippen LogP contribution >= 0.6 is 0 Å². The molecule has 2 aromatic carbocycles. The van der Waals surface area contributed by atoms with Gasteiger partial charge in [-0.2, -0.15) is 0 Å². The number of nitrogens with two attached hydrogens (primary N) is 1. The Kier molecular flexibility index (Phi) is 3.65. The first-order valence-corrected chi connectivity index (χ1v) is 7.40. The zero-order chi connectivity index (χ0) is 14.8. The van der Waals surface area contributed by atoms with Crippen molar-refractivity contribution in [2.24, 2.45) is 5.73 Å². The molecule has 2 aromatic rings. The van der Waals surface area contributed by atoms with Gasteiger partial charge in [0.05, 0.1) is 0 Å². The van der Waals surface area contributed by atoms with Gasteiger partial charge in [-0.25, -0.2) is 0 Å². The maximum Gasteiger partial charge on any atom is 0.122 e. The van der Waals surface area contributed by atoms with Crippen LogP contribution in [0.2, 0.25) is 0 Å². The highest BCUT2D eigenvalue weighted by Gasteiger charge is 2.11. The van der Waals surface area contributed by atoms with E-state index in [0.717, 1.165) is 17.8 Å². The van der Waals surface area contributed by atoms with Crippen molar-refractivity contribution in [2.45, 2.75) is 25.8 Å². The Morgan fingerprint density at radius 2 is 1.95 bits per heavy atom. The van der Waals surface area contributed by atoms with Gasteiger partial charge in [-0.05, 0) is 48.1 Å². The van der Waals surface area contributed by atoms with Crippen LogP contribution in [0, 0.1) is 5.41 Å². The van der Waals surface area contributed by atoms with Crippen LogP contribution in [0.3, 0.4) is 0 Å². The summed E-state index contributed by atoms with van der Waals surface area (Å²) in [5, 5.41) is 7.54. The molecule has 0 heterocycles. The van der Waals surface area contributed by atoms with E-state index in [-0.39, 0.29) is 5.84 Å². The number of anilines is 1. The number of nitrogens with one attached hydrogen (secondary N) is 1. The maximum absolute atomic E-state index is 7.54. The van der Waals surface area contributed by atoms with E-state index in [2.05, 4.69) is 36.2 Å². The Hall–Kier alpha value is -2.29. The summed E-state index contributed by atoms with van der Waals surface area (Å²) < 4.78 is 0. The van der Waals surface area contributed by atoms with Crippen LogP contribution in [0.15, 0.2) is 42.5 Å². The Morgan fingerprint density at radius 1 is 1.14 bits per heavy atom. The molecule has 0 unspecified atom stereocenters. The first kappa shape index (κ1) is 13.7. The Morgan fingerprint density at radius 3 is 2.76 bits per heavy atom. The minimum absolute atomic E-state index is 0.114. The number of hydrogen-bond acceptors (Lipinski definition) is 2. The summed E-state index contributed by atoms with van der Waals surface area (Å²) in [7, 11) is 2.08. The van der Waals surface area contributed by atoms with Gasteiger partial charge in [-0.1, -0.05) is 30.3 Å². The molecule has 108 valence electrons. The molecule has 0 aromatic heterocycles. The van der Waals surface area contributed by atoms with E-state index in [9.17, 15) is 0 Å². The highest BCUT2D eigenvalue weighted by molar-refractivity contribution is 5.95. The Bertz CT molecular complexity index is 676. The van der Waals surface area contributed by atoms with Crippen LogP contribution in [-0.4, -0.2) is 12.9 Å². The van der Waals surface area contributed by atoms with E-state index >= 15 is 0 Å². The van der Waals surface area contributed by atoms with Gasteiger partial charge >= 0.3 is 0 Å². The first-order chi connectivity index (χ1) is 10.1. The number of fused-ring (bicyclic) bond motifs is 1. The lowest BCUT2D eigenvalue weighted by atomic mass is 10.1. The van der Waals surface area contributed by atoms with E-state index in [1.807, 2.05) is 18.2 Å². The second-order valence-corrected chi connectivity index (χ2v) is 5.78. The van der Waals surface area contributed by atoms with Gasteiger partial charge < -0.3 is 10.6 Å². The molecule has 0 aliphatic heterocycles. The highest BCUT2D eigenvalue weighted by Crippen LogP contribution is 2.24.